The Morgan fingerprint density at radius 1 is 1.16 bits per heavy atom. The molecule has 2 bridgehead atoms. The minimum atomic E-state index is -0.655. The molecular formula is C23H25F2N5O2. The van der Waals surface area contributed by atoms with E-state index in [1.54, 1.807) is 13.0 Å². The van der Waals surface area contributed by atoms with Gasteiger partial charge in [-0.05, 0) is 47.9 Å². The molecule has 5 rings (SSSR count). The predicted octanol–water partition coefficient (Wildman–Crippen LogP) is 3.77. The first-order chi connectivity index (χ1) is 15.3. The van der Waals surface area contributed by atoms with Crippen molar-refractivity contribution < 1.29 is 18.3 Å². The summed E-state index contributed by atoms with van der Waals surface area (Å²) in [6.07, 6.45) is 1.81. The number of benzene rings is 1. The van der Waals surface area contributed by atoms with Crippen LogP contribution in [0.25, 0.3) is 11.3 Å². The van der Waals surface area contributed by atoms with Gasteiger partial charge < -0.3 is 14.4 Å². The van der Waals surface area contributed by atoms with Gasteiger partial charge in [-0.1, -0.05) is 25.0 Å². The lowest BCUT2D eigenvalue weighted by Crippen LogP contribution is -2.47. The third kappa shape index (κ3) is 2.87. The Hall–Kier alpha value is -2.94. The topological polar surface area (TPSA) is 88.2 Å². The number of halogens is 2. The van der Waals surface area contributed by atoms with Crippen LogP contribution in [0.5, 0.6) is 0 Å². The second-order valence-electron chi connectivity index (χ2n) is 9.27. The highest BCUT2D eigenvalue weighted by atomic mass is 19.1. The lowest BCUT2D eigenvalue weighted by Gasteiger charge is -2.41. The zero-order valence-corrected chi connectivity index (χ0v) is 18.3. The molecule has 0 spiro atoms. The van der Waals surface area contributed by atoms with Crippen molar-refractivity contribution in [3.63, 3.8) is 0 Å². The standard InChI is InChI=1S/C23H25F2N5O2/c1-13-26-29-21(32-13)30(9-10-31)12-23-8-7-15(22(23,2)3)14-11-18(27-28-20(14)23)19-16(24)5-4-6-17(19)25/h4-6,11,15,31H,7-10,12H2,1-3H3/t15-,23-/m0/s1. The number of aryl methyl sites for hydroxylation is 1. The Kier molecular flexibility index (Phi) is 4.77. The van der Waals surface area contributed by atoms with Crippen LogP contribution in [0, 0.1) is 24.0 Å². The van der Waals surface area contributed by atoms with Crippen LogP contribution < -0.4 is 4.90 Å². The van der Waals surface area contributed by atoms with Crippen LogP contribution in [0.1, 0.15) is 49.8 Å². The molecule has 0 radical (unpaired) electrons. The van der Waals surface area contributed by atoms with Gasteiger partial charge in [-0.2, -0.15) is 10.2 Å². The van der Waals surface area contributed by atoms with Gasteiger partial charge in [0.05, 0.1) is 23.6 Å². The average molecular weight is 441 g/mol. The van der Waals surface area contributed by atoms with Gasteiger partial charge in [0.15, 0.2) is 0 Å². The van der Waals surface area contributed by atoms with Crippen LogP contribution in [-0.4, -0.2) is 45.2 Å². The zero-order valence-electron chi connectivity index (χ0n) is 18.3. The number of nitrogens with zero attached hydrogens (tertiary/aromatic N) is 5. The van der Waals surface area contributed by atoms with Crippen molar-refractivity contribution in [2.24, 2.45) is 5.41 Å². The van der Waals surface area contributed by atoms with Crippen molar-refractivity contribution in [3.8, 4) is 11.3 Å². The van der Waals surface area contributed by atoms with E-state index >= 15 is 0 Å². The average Bonchev–Trinajstić information content (AvgIpc) is 3.34. The molecule has 7 nitrogen and oxygen atoms in total. The summed E-state index contributed by atoms with van der Waals surface area (Å²) in [5, 5.41) is 26.5. The molecule has 2 aliphatic rings. The first-order valence-corrected chi connectivity index (χ1v) is 10.8. The van der Waals surface area contributed by atoms with Gasteiger partial charge in [-0.3, -0.25) is 0 Å². The molecule has 2 aliphatic carbocycles. The van der Waals surface area contributed by atoms with E-state index in [1.807, 2.05) is 4.90 Å². The van der Waals surface area contributed by atoms with E-state index in [1.165, 1.54) is 18.2 Å². The van der Waals surface area contributed by atoms with E-state index in [4.69, 9.17) is 4.42 Å². The van der Waals surface area contributed by atoms with Gasteiger partial charge in [0.2, 0.25) is 5.89 Å². The molecule has 0 saturated heterocycles. The monoisotopic (exact) mass is 441 g/mol. The van der Waals surface area contributed by atoms with Crippen LogP contribution >= 0.6 is 0 Å². The van der Waals surface area contributed by atoms with Crippen molar-refractivity contribution >= 4 is 6.01 Å². The first-order valence-electron chi connectivity index (χ1n) is 10.8. The van der Waals surface area contributed by atoms with Crippen LogP contribution in [-0.2, 0) is 5.41 Å². The number of hydrogen-bond donors (Lipinski definition) is 1. The molecule has 0 unspecified atom stereocenters. The van der Waals surface area contributed by atoms with Crippen LogP contribution in [0.2, 0.25) is 0 Å². The fourth-order valence-electron chi connectivity index (χ4n) is 5.74. The second-order valence-corrected chi connectivity index (χ2v) is 9.27. The molecule has 9 heteroatoms. The maximum Gasteiger partial charge on any atom is 0.318 e. The summed E-state index contributed by atoms with van der Waals surface area (Å²) < 4.78 is 34.4. The Bertz CT molecular complexity index is 1160. The SMILES string of the molecule is Cc1nnc(N(CCO)C[C@@]23CC[C@@H](c4cc(-c5c(F)cccc5F)nnc42)C3(C)C)o1. The molecule has 1 N–H and O–H groups in total. The quantitative estimate of drug-likeness (QED) is 0.623. The Morgan fingerprint density at radius 3 is 2.56 bits per heavy atom. The van der Waals surface area contributed by atoms with Gasteiger partial charge in [0.25, 0.3) is 0 Å². The van der Waals surface area contributed by atoms with E-state index in [-0.39, 0.29) is 34.6 Å². The molecule has 168 valence electrons. The largest absolute Gasteiger partial charge is 0.408 e. The summed E-state index contributed by atoms with van der Waals surface area (Å²) in [5.41, 5.74) is 1.33. The maximum absolute atomic E-state index is 14.4. The number of aliphatic hydroxyl groups is 1. The lowest BCUT2D eigenvalue weighted by molar-refractivity contribution is 0.202. The van der Waals surface area contributed by atoms with Gasteiger partial charge in [0.1, 0.15) is 11.6 Å². The maximum atomic E-state index is 14.4. The summed E-state index contributed by atoms with van der Waals surface area (Å²) in [5.74, 6) is -0.677. The highest BCUT2D eigenvalue weighted by molar-refractivity contribution is 5.63. The van der Waals surface area contributed by atoms with E-state index in [0.29, 0.717) is 25.0 Å². The molecule has 1 aromatic carbocycles. The van der Waals surface area contributed by atoms with Crippen molar-refractivity contribution in [2.75, 3.05) is 24.6 Å². The molecule has 1 saturated carbocycles. The lowest BCUT2D eigenvalue weighted by atomic mass is 9.68. The third-order valence-corrected chi connectivity index (χ3v) is 7.45. The summed E-state index contributed by atoms with van der Waals surface area (Å²) in [6.45, 7) is 6.92. The minimum Gasteiger partial charge on any atom is -0.408 e. The van der Waals surface area contributed by atoms with E-state index in [0.717, 1.165) is 24.1 Å². The van der Waals surface area contributed by atoms with Crippen LogP contribution in [0.3, 0.4) is 0 Å². The highest BCUT2D eigenvalue weighted by Gasteiger charge is 2.64. The third-order valence-electron chi connectivity index (χ3n) is 7.45. The molecular weight excluding hydrogens is 416 g/mol. The highest BCUT2D eigenvalue weighted by Crippen LogP contribution is 2.67. The van der Waals surface area contributed by atoms with Gasteiger partial charge in [-0.15, -0.1) is 5.10 Å². The molecule has 1 fully saturated rings. The van der Waals surface area contributed by atoms with Crippen molar-refractivity contribution in [3.05, 3.63) is 53.0 Å². The number of anilines is 1. The van der Waals surface area contributed by atoms with Crippen LogP contribution in [0.4, 0.5) is 14.8 Å². The number of fused-ring (bicyclic) bond motifs is 5. The van der Waals surface area contributed by atoms with Crippen LogP contribution in [0.15, 0.2) is 28.7 Å². The van der Waals surface area contributed by atoms with E-state index in [2.05, 4.69) is 34.2 Å². The summed E-state index contributed by atoms with van der Waals surface area (Å²) in [4.78, 5) is 1.89. The molecule has 0 amide bonds. The summed E-state index contributed by atoms with van der Waals surface area (Å²) >= 11 is 0. The Morgan fingerprint density at radius 2 is 1.91 bits per heavy atom. The molecule has 32 heavy (non-hydrogen) atoms. The van der Waals surface area contributed by atoms with E-state index in [9.17, 15) is 13.9 Å². The number of rotatable bonds is 6. The second kappa shape index (κ2) is 7.30. The van der Waals surface area contributed by atoms with Gasteiger partial charge in [-0.25, -0.2) is 8.78 Å². The Balaban J connectivity index is 1.59. The van der Waals surface area contributed by atoms with E-state index < -0.39 is 11.6 Å². The fourth-order valence-corrected chi connectivity index (χ4v) is 5.74. The number of aliphatic hydroxyl groups excluding tert-OH is 1. The van der Waals surface area contributed by atoms with Crippen molar-refractivity contribution in [2.45, 2.75) is 44.9 Å². The molecule has 2 atom stereocenters. The molecule has 2 aromatic heterocycles. The fraction of sp³-hybridized carbons (Fsp3) is 0.478. The summed E-state index contributed by atoms with van der Waals surface area (Å²) in [7, 11) is 0. The smallest absolute Gasteiger partial charge is 0.318 e. The molecule has 2 heterocycles. The zero-order chi connectivity index (χ0) is 22.7. The normalized spacial score (nSPS) is 22.9. The Labute approximate surface area is 184 Å². The predicted molar refractivity (Wildman–Crippen MR) is 113 cm³/mol. The van der Waals surface area contributed by atoms with Crippen molar-refractivity contribution in [1.82, 2.24) is 20.4 Å². The van der Waals surface area contributed by atoms with Gasteiger partial charge in [0, 0.05) is 25.4 Å². The number of hydrogen-bond acceptors (Lipinski definition) is 7. The number of aromatic nitrogens is 4. The summed E-state index contributed by atoms with van der Waals surface area (Å²) in [6, 6.07) is 5.94. The molecule has 0 aliphatic heterocycles. The van der Waals surface area contributed by atoms with Crippen molar-refractivity contribution in [1.29, 1.82) is 0 Å². The first kappa shape index (κ1) is 20.9. The minimum absolute atomic E-state index is 0.0641. The van der Waals surface area contributed by atoms with Gasteiger partial charge >= 0.3 is 6.01 Å². The molecule has 3 aromatic rings.